The number of halogens is 3. The SMILES string of the molecule is CN(C(=O)c1cscn1)C1CN(C2CN(C(=O)c3cc4ccc(C(F)(F)F)cc4s3)C2)C1. The van der Waals surface area contributed by atoms with E-state index in [1.807, 2.05) is 0 Å². The summed E-state index contributed by atoms with van der Waals surface area (Å²) in [7, 11) is 1.78. The van der Waals surface area contributed by atoms with Gasteiger partial charge in [0.1, 0.15) is 5.69 Å². The van der Waals surface area contributed by atoms with Crippen LogP contribution in [-0.2, 0) is 6.18 Å². The van der Waals surface area contributed by atoms with Crippen molar-refractivity contribution in [1.82, 2.24) is 19.7 Å². The summed E-state index contributed by atoms with van der Waals surface area (Å²) in [6.07, 6.45) is -4.40. The van der Waals surface area contributed by atoms with Gasteiger partial charge in [0.25, 0.3) is 11.8 Å². The minimum Gasteiger partial charge on any atom is -0.335 e. The van der Waals surface area contributed by atoms with E-state index in [1.165, 1.54) is 17.4 Å². The molecule has 0 N–H and O–H groups in total. The van der Waals surface area contributed by atoms with Crippen LogP contribution in [0, 0.1) is 0 Å². The van der Waals surface area contributed by atoms with E-state index in [4.69, 9.17) is 0 Å². The molecule has 6 nitrogen and oxygen atoms in total. The molecule has 0 bridgehead atoms. The van der Waals surface area contributed by atoms with Crippen LogP contribution in [0.15, 0.2) is 35.2 Å². The first kappa shape index (κ1) is 21.4. The van der Waals surface area contributed by atoms with Crippen LogP contribution in [0.2, 0.25) is 0 Å². The highest BCUT2D eigenvalue weighted by atomic mass is 32.1. The summed E-state index contributed by atoms with van der Waals surface area (Å²) in [5.41, 5.74) is 1.39. The van der Waals surface area contributed by atoms with E-state index in [0.717, 1.165) is 36.6 Å². The van der Waals surface area contributed by atoms with E-state index in [0.29, 0.717) is 33.7 Å². The predicted molar refractivity (Wildman–Crippen MR) is 116 cm³/mol. The van der Waals surface area contributed by atoms with E-state index >= 15 is 0 Å². The van der Waals surface area contributed by atoms with Crippen LogP contribution < -0.4 is 0 Å². The number of hydrogen-bond acceptors (Lipinski definition) is 6. The van der Waals surface area contributed by atoms with E-state index < -0.39 is 11.7 Å². The van der Waals surface area contributed by atoms with Gasteiger partial charge in [-0.2, -0.15) is 13.2 Å². The molecule has 11 heteroatoms. The fourth-order valence-corrected chi connectivity index (χ4v) is 5.61. The molecule has 32 heavy (non-hydrogen) atoms. The lowest BCUT2D eigenvalue weighted by molar-refractivity contribution is -0.137. The smallest absolute Gasteiger partial charge is 0.335 e. The molecule has 3 aromatic rings. The van der Waals surface area contributed by atoms with Gasteiger partial charge in [0, 0.05) is 49.3 Å². The lowest BCUT2D eigenvalue weighted by Gasteiger charge is -2.53. The number of fused-ring (bicyclic) bond motifs is 1. The number of carbonyl (C=O) groups excluding carboxylic acids is 2. The molecule has 4 heterocycles. The van der Waals surface area contributed by atoms with Gasteiger partial charge < -0.3 is 9.80 Å². The van der Waals surface area contributed by atoms with Gasteiger partial charge in [0.2, 0.25) is 0 Å². The normalized spacial score (nSPS) is 17.9. The zero-order valence-corrected chi connectivity index (χ0v) is 18.6. The van der Waals surface area contributed by atoms with Crippen molar-refractivity contribution in [2.45, 2.75) is 18.3 Å². The number of thiazole rings is 1. The first-order chi connectivity index (χ1) is 15.2. The Morgan fingerprint density at radius 3 is 2.56 bits per heavy atom. The van der Waals surface area contributed by atoms with Crippen LogP contribution in [0.3, 0.4) is 0 Å². The second-order valence-corrected chi connectivity index (χ2v) is 9.92. The Kier molecular flexibility index (Phi) is 5.22. The summed E-state index contributed by atoms with van der Waals surface area (Å²) < 4.78 is 39.2. The van der Waals surface area contributed by atoms with Crippen molar-refractivity contribution < 1.29 is 22.8 Å². The average molecular weight is 481 g/mol. The molecule has 2 aliphatic heterocycles. The van der Waals surface area contributed by atoms with Gasteiger partial charge in [-0.3, -0.25) is 14.5 Å². The monoisotopic (exact) mass is 480 g/mol. The van der Waals surface area contributed by atoms with Crippen molar-refractivity contribution in [2.24, 2.45) is 0 Å². The maximum absolute atomic E-state index is 12.9. The maximum Gasteiger partial charge on any atom is 0.416 e. The first-order valence-electron chi connectivity index (χ1n) is 10.00. The third-order valence-electron chi connectivity index (χ3n) is 6.13. The highest BCUT2D eigenvalue weighted by Gasteiger charge is 2.43. The number of benzene rings is 1. The van der Waals surface area contributed by atoms with Crippen LogP contribution >= 0.6 is 22.7 Å². The second-order valence-electron chi connectivity index (χ2n) is 8.12. The van der Waals surface area contributed by atoms with Crippen molar-refractivity contribution in [3.63, 3.8) is 0 Å². The van der Waals surface area contributed by atoms with Gasteiger partial charge in [-0.05, 0) is 23.6 Å². The van der Waals surface area contributed by atoms with Crippen molar-refractivity contribution >= 4 is 44.6 Å². The van der Waals surface area contributed by atoms with Crippen molar-refractivity contribution in [3.05, 3.63) is 51.3 Å². The number of hydrogen-bond donors (Lipinski definition) is 0. The van der Waals surface area contributed by atoms with E-state index in [1.54, 1.807) is 33.8 Å². The van der Waals surface area contributed by atoms with E-state index in [2.05, 4.69) is 9.88 Å². The number of nitrogens with zero attached hydrogens (tertiary/aromatic N) is 4. The zero-order chi connectivity index (χ0) is 22.6. The molecule has 1 aromatic carbocycles. The van der Waals surface area contributed by atoms with Crippen LogP contribution in [0.25, 0.3) is 10.1 Å². The van der Waals surface area contributed by atoms with Gasteiger partial charge in [0.15, 0.2) is 0 Å². The van der Waals surface area contributed by atoms with Crippen molar-refractivity contribution in [1.29, 1.82) is 0 Å². The van der Waals surface area contributed by atoms with E-state index in [-0.39, 0.29) is 23.9 Å². The average Bonchev–Trinajstić information content (AvgIpc) is 3.35. The molecule has 0 atom stereocenters. The third kappa shape index (κ3) is 3.78. The standard InChI is InChI=1S/C21H19F3N4O2S2/c1-26(19(29)16-10-31-11-25-16)14-6-27(7-14)15-8-28(9-15)20(30)18-4-12-2-3-13(21(22,23)24)5-17(12)32-18/h2-5,10-11,14-15H,6-9H2,1H3. The second kappa shape index (κ2) is 7.82. The Morgan fingerprint density at radius 1 is 1.16 bits per heavy atom. The zero-order valence-electron chi connectivity index (χ0n) is 17.0. The largest absolute Gasteiger partial charge is 0.416 e. The first-order valence-corrected chi connectivity index (χ1v) is 11.8. The van der Waals surface area contributed by atoms with Crippen LogP contribution in [0.4, 0.5) is 13.2 Å². The molecule has 2 saturated heterocycles. The fourth-order valence-electron chi connectivity index (χ4n) is 4.02. The molecule has 168 valence electrons. The Bertz CT molecular complexity index is 1170. The number of carbonyl (C=O) groups is 2. The van der Waals surface area contributed by atoms with Gasteiger partial charge in [0.05, 0.1) is 22.0 Å². The Balaban J connectivity index is 1.15. The van der Waals surface area contributed by atoms with Crippen LogP contribution in [-0.4, -0.2) is 76.8 Å². The number of rotatable bonds is 4. The maximum atomic E-state index is 12.9. The summed E-state index contributed by atoms with van der Waals surface area (Å²) in [6.45, 7) is 2.67. The molecule has 2 amide bonds. The minimum atomic E-state index is -4.40. The van der Waals surface area contributed by atoms with Crippen LogP contribution in [0.1, 0.15) is 25.7 Å². The lowest BCUT2D eigenvalue weighted by Crippen LogP contribution is -2.70. The van der Waals surface area contributed by atoms with Crippen LogP contribution in [0.5, 0.6) is 0 Å². The van der Waals surface area contributed by atoms with Gasteiger partial charge in [-0.15, -0.1) is 22.7 Å². The quantitative estimate of drug-likeness (QED) is 0.572. The lowest BCUT2D eigenvalue weighted by atomic mass is 9.98. The molecule has 0 unspecified atom stereocenters. The summed E-state index contributed by atoms with van der Waals surface area (Å²) >= 11 is 2.48. The van der Waals surface area contributed by atoms with E-state index in [9.17, 15) is 22.8 Å². The molecule has 0 radical (unpaired) electrons. The molecule has 2 aromatic heterocycles. The topological polar surface area (TPSA) is 56.8 Å². The summed E-state index contributed by atoms with van der Waals surface area (Å²) in [4.78, 5) is 35.4. The molecule has 0 aliphatic carbocycles. The highest BCUT2D eigenvalue weighted by Crippen LogP contribution is 2.35. The molecule has 2 fully saturated rings. The Labute approximate surface area is 189 Å². The predicted octanol–water partition coefficient (Wildman–Crippen LogP) is 3.66. The molecule has 2 aliphatic rings. The summed E-state index contributed by atoms with van der Waals surface area (Å²) in [5, 5.41) is 2.38. The molecular formula is C21H19F3N4O2S2. The van der Waals surface area contributed by atoms with Crippen molar-refractivity contribution in [2.75, 3.05) is 33.2 Å². The Morgan fingerprint density at radius 2 is 1.91 bits per heavy atom. The van der Waals surface area contributed by atoms with Crippen molar-refractivity contribution in [3.8, 4) is 0 Å². The molecule has 0 saturated carbocycles. The number of aromatic nitrogens is 1. The molecular weight excluding hydrogens is 461 g/mol. The third-order valence-corrected chi connectivity index (χ3v) is 7.81. The van der Waals surface area contributed by atoms with Gasteiger partial charge in [-0.1, -0.05) is 6.07 Å². The number of thiophene rings is 1. The highest BCUT2D eigenvalue weighted by molar-refractivity contribution is 7.20. The number of amides is 2. The fraction of sp³-hybridized carbons (Fsp3) is 0.381. The number of alkyl halides is 3. The minimum absolute atomic E-state index is 0.0836. The van der Waals surface area contributed by atoms with Gasteiger partial charge in [-0.25, -0.2) is 4.98 Å². The van der Waals surface area contributed by atoms with Gasteiger partial charge >= 0.3 is 6.18 Å². The molecule has 5 rings (SSSR count). The Hall–Kier alpha value is -2.50. The summed E-state index contributed by atoms with van der Waals surface area (Å²) in [6, 6.07) is 5.57. The molecule has 0 spiro atoms. The number of likely N-dealkylation sites (tertiary alicyclic amines) is 2. The number of likely N-dealkylation sites (N-methyl/N-ethyl adjacent to an activating group) is 1. The summed E-state index contributed by atoms with van der Waals surface area (Å²) in [5.74, 6) is -0.233.